The summed E-state index contributed by atoms with van der Waals surface area (Å²) in [7, 11) is 0. The van der Waals surface area contributed by atoms with Crippen LogP contribution < -0.4 is 0 Å². The molecule has 6 heteroatoms. The molecule has 0 amide bonds. The highest BCUT2D eigenvalue weighted by Gasteiger charge is 2.08. The molecule has 0 aromatic carbocycles. The fourth-order valence-electron chi connectivity index (χ4n) is 1.14. The first-order valence-corrected chi connectivity index (χ1v) is 7.33. The topological polar surface area (TPSA) is 43.4 Å². The first-order chi connectivity index (χ1) is 8.10. The molecule has 2 heterocycles. The summed E-state index contributed by atoms with van der Waals surface area (Å²) in [5, 5.41) is 3.07. The molecule has 0 atom stereocenters. The Balaban J connectivity index is 0.000000209. The maximum atomic E-state index is 10.5. The van der Waals surface area contributed by atoms with Gasteiger partial charge in [0.2, 0.25) is 0 Å². The average molecular weight is 335 g/mol. The van der Waals surface area contributed by atoms with E-state index < -0.39 is 0 Å². The third-order valence-electron chi connectivity index (χ3n) is 1.76. The molecular weight excluding hydrogens is 324 g/mol. The standard InChI is InChI=1S/C7H3BrOS2.C4H8O2/c8-7-6-4(1-2-10-6)5(3-9)11-7;1-3-6-4(2)5/h1-3H;3H2,1-2H3. The van der Waals surface area contributed by atoms with E-state index in [-0.39, 0.29) is 5.97 Å². The highest BCUT2D eigenvalue weighted by atomic mass is 79.9. The summed E-state index contributed by atoms with van der Waals surface area (Å²) in [4.78, 5) is 21.2. The number of ether oxygens (including phenoxy) is 1. The summed E-state index contributed by atoms with van der Waals surface area (Å²) in [5.41, 5.74) is 0. The Morgan fingerprint density at radius 2 is 2.29 bits per heavy atom. The van der Waals surface area contributed by atoms with Crippen LogP contribution in [0, 0.1) is 0 Å². The molecule has 92 valence electrons. The molecule has 2 aromatic heterocycles. The van der Waals surface area contributed by atoms with Crippen LogP contribution in [0.1, 0.15) is 23.5 Å². The Labute approximate surface area is 116 Å². The third kappa shape index (κ3) is 3.90. The largest absolute Gasteiger partial charge is 0.466 e. The quantitative estimate of drug-likeness (QED) is 0.613. The predicted octanol–water partition coefficient (Wildman–Crippen LogP) is 4.11. The van der Waals surface area contributed by atoms with Gasteiger partial charge in [-0.25, -0.2) is 0 Å². The molecule has 0 spiro atoms. The van der Waals surface area contributed by atoms with Crippen LogP contribution in [0.25, 0.3) is 10.1 Å². The van der Waals surface area contributed by atoms with Gasteiger partial charge in [-0.15, -0.1) is 22.7 Å². The lowest BCUT2D eigenvalue weighted by Gasteiger charge is -1.89. The van der Waals surface area contributed by atoms with Gasteiger partial charge in [-0.1, -0.05) is 0 Å². The van der Waals surface area contributed by atoms with Crippen molar-refractivity contribution < 1.29 is 14.3 Å². The van der Waals surface area contributed by atoms with E-state index in [1.807, 2.05) is 11.4 Å². The predicted molar refractivity (Wildman–Crippen MR) is 75.1 cm³/mol. The normalized spacial score (nSPS) is 9.59. The molecule has 0 saturated carbocycles. The van der Waals surface area contributed by atoms with Crippen molar-refractivity contribution >= 4 is 60.9 Å². The Kier molecular flexibility index (Phi) is 5.80. The number of fused-ring (bicyclic) bond motifs is 1. The summed E-state index contributed by atoms with van der Waals surface area (Å²) < 4.78 is 6.64. The smallest absolute Gasteiger partial charge is 0.302 e. The summed E-state index contributed by atoms with van der Waals surface area (Å²) in [6.45, 7) is 3.65. The van der Waals surface area contributed by atoms with Gasteiger partial charge in [-0.05, 0) is 34.3 Å². The Morgan fingerprint density at radius 3 is 2.76 bits per heavy atom. The molecule has 2 aromatic rings. The zero-order valence-electron chi connectivity index (χ0n) is 9.36. The molecule has 0 aliphatic heterocycles. The molecule has 0 fully saturated rings. The van der Waals surface area contributed by atoms with Crippen LogP contribution in [0.3, 0.4) is 0 Å². The molecule has 17 heavy (non-hydrogen) atoms. The number of hydrogen-bond acceptors (Lipinski definition) is 5. The lowest BCUT2D eigenvalue weighted by Crippen LogP contribution is -1.95. The Morgan fingerprint density at radius 1 is 1.59 bits per heavy atom. The first-order valence-electron chi connectivity index (χ1n) is 4.84. The van der Waals surface area contributed by atoms with Gasteiger partial charge >= 0.3 is 5.97 Å². The van der Waals surface area contributed by atoms with E-state index in [2.05, 4.69) is 20.7 Å². The Hall–Kier alpha value is -0.720. The van der Waals surface area contributed by atoms with Gasteiger partial charge < -0.3 is 4.74 Å². The number of esters is 1. The van der Waals surface area contributed by atoms with Crippen molar-refractivity contribution in [3.05, 3.63) is 20.1 Å². The average Bonchev–Trinajstić information content (AvgIpc) is 2.83. The molecule has 0 unspecified atom stereocenters. The van der Waals surface area contributed by atoms with Crippen LogP contribution in [-0.4, -0.2) is 18.9 Å². The molecule has 0 saturated heterocycles. The van der Waals surface area contributed by atoms with Crippen molar-refractivity contribution in [2.45, 2.75) is 13.8 Å². The number of carbonyl (C=O) groups is 2. The van der Waals surface area contributed by atoms with E-state index in [1.165, 1.54) is 23.0 Å². The summed E-state index contributed by atoms with van der Waals surface area (Å²) in [6, 6.07) is 1.98. The molecule has 0 N–H and O–H groups in total. The maximum absolute atomic E-state index is 10.5. The van der Waals surface area contributed by atoms with Gasteiger partial charge in [0.15, 0.2) is 6.29 Å². The molecule has 0 aliphatic rings. The van der Waals surface area contributed by atoms with Crippen molar-refractivity contribution in [3.8, 4) is 0 Å². The van der Waals surface area contributed by atoms with Crippen LogP contribution in [0.2, 0.25) is 0 Å². The number of aldehydes is 1. The highest BCUT2D eigenvalue weighted by Crippen LogP contribution is 2.37. The van der Waals surface area contributed by atoms with Crippen molar-refractivity contribution in [2.24, 2.45) is 0 Å². The number of thiophene rings is 2. The molecule has 0 radical (unpaired) electrons. The zero-order valence-corrected chi connectivity index (χ0v) is 12.6. The monoisotopic (exact) mass is 334 g/mol. The van der Waals surface area contributed by atoms with E-state index in [1.54, 1.807) is 18.3 Å². The van der Waals surface area contributed by atoms with E-state index in [9.17, 15) is 9.59 Å². The first kappa shape index (κ1) is 14.3. The fourth-order valence-corrected chi connectivity index (χ4v) is 3.96. The maximum Gasteiger partial charge on any atom is 0.302 e. The SMILES string of the molecule is CCOC(C)=O.O=Cc1sc(Br)c2sccc12. The van der Waals surface area contributed by atoms with Gasteiger partial charge in [-0.3, -0.25) is 9.59 Å². The van der Waals surface area contributed by atoms with Crippen LogP contribution >= 0.6 is 38.6 Å². The van der Waals surface area contributed by atoms with Crippen LogP contribution in [0.5, 0.6) is 0 Å². The van der Waals surface area contributed by atoms with Crippen molar-refractivity contribution in [3.63, 3.8) is 0 Å². The second kappa shape index (κ2) is 6.88. The lowest BCUT2D eigenvalue weighted by atomic mass is 10.3. The minimum absolute atomic E-state index is 0.211. The van der Waals surface area contributed by atoms with Crippen molar-refractivity contribution in [1.82, 2.24) is 0 Å². The van der Waals surface area contributed by atoms with Gasteiger partial charge in [0.05, 0.1) is 20.0 Å². The van der Waals surface area contributed by atoms with Crippen LogP contribution in [0.4, 0.5) is 0 Å². The second-order valence-corrected chi connectivity index (χ2v) is 6.23. The molecule has 2 rings (SSSR count). The third-order valence-corrected chi connectivity index (χ3v) is 4.89. The van der Waals surface area contributed by atoms with Gasteiger partial charge in [0, 0.05) is 12.3 Å². The zero-order chi connectivity index (χ0) is 12.8. The number of carbonyl (C=O) groups excluding carboxylic acids is 2. The Bertz CT molecular complexity index is 516. The second-order valence-electron chi connectivity index (χ2n) is 2.95. The number of halogens is 1. The molecule has 0 bridgehead atoms. The highest BCUT2D eigenvalue weighted by molar-refractivity contribution is 9.11. The van der Waals surface area contributed by atoms with E-state index in [4.69, 9.17) is 0 Å². The van der Waals surface area contributed by atoms with Crippen molar-refractivity contribution in [1.29, 1.82) is 0 Å². The van der Waals surface area contributed by atoms with E-state index in [0.29, 0.717) is 6.61 Å². The minimum Gasteiger partial charge on any atom is -0.466 e. The van der Waals surface area contributed by atoms with Crippen molar-refractivity contribution in [2.75, 3.05) is 6.61 Å². The van der Waals surface area contributed by atoms with Gasteiger partial charge in [0.1, 0.15) is 0 Å². The number of hydrogen-bond donors (Lipinski definition) is 0. The fraction of sp³-hybridized carbons (Fsp3) is 0.273. The van der Waals surface area contributed by atoms with Crippen LogP contribution in [-0.2, 0) is 9.53 Å². The van der Waals surface area contributed by atoms with E-state index in [0.717, 1.165) is 20.3 Å². The summed E-state index contributed by atoms with van der Waals surface area (Å²) in [5.74, 6) is -0.211. The van der Waals surface area contributed by atoms with Gasteiger partial charge in [-0.2, -0.15) is 0 Å². The summed E-state index contributed by atoms with van der Waals surface area (Å²) >= 11 is 6.56. The molecule has 3 nitrogen and oxygen atoms in total. The number of rotatable bonds is 2. The van der Waals surface area contributed by atoms with E-state index >= 15 is 0 Å². The summed E-state index contributed by atoms with van der Waals surface area (Å²) in [6.07, 6.45) is 0.907. The lowest BCUT2D eigenvalue weighted by molar-refractivity contribution is -0.140. The minimum atomic E-state index is -0.211. The molecular formula is C11H11BrO3S2. The van der Waals surface area contributed by atoms with Crippen LogP contribution in [0.15, 0.2) is 15.2 Å². The van der Waals surface area contributed by atoms with Gasteiger partial charge in [0.25, 0.3) is 0 Å². The molecule has 0 aliphatic carbocycles.